The van der Waals surface area contributed by atoms with Crippen molar-refractivity contribution in [3.63, 3.8) is 0 Å². The molecule has 0 aromatic heterocycles. The van der Waals surface area contributed by atoms with Crippen molar-refractivity contribution in [3.8, 4) is 0 Å². The molecule has 1 N–H and O–H groups in total. The van der Waals surface area contributed by atoms with Crippen LogP contribution in [-0.4, -0.2) is 27.2 Å². The Hall–Kier alpha value is 0.300. The number of rotatable bonds is 1. The second kappa shape index (κ2) is 3.13. The predicted octanol–water partition coefficient (Wildman–Crippen LogP) is 1.56. The highest BCUT2D eigenvalue weighted by atomic mass is 32.2. The monoisotopic (exact) mass is 179 g/mol. The van der Waals surface area contributed by atoms with E-state index in [0.717, 1.165) is 24.3 Å². The van der Waals surface area contributed by atoms with Gasteiger partial charge < -0.3 is 0 Å². The van der Waals surface area contributed by atoms with Gasteiger partial charge in [-0.1, -0.05) is 0 Å². The van der Waals surface area contributed by atoms with Crippen LogP contribution in [0.15, 0.2) is 0 Å². The van der Waals surface area contributed by atoms with Crippen molar-refractivity contribution >= 4 is 21.5 Å². The number of thioether (sulfide) groups is 1. The molecule has 0 aliphatic carbocycles. The molecule has 0 aromatic rings. The van der Waals surface area contributed by atoms with E-state index in [1.165, 1.54) is 0 Å². The number of nitrogens with one attached hydrogen (secondary N) is 1. The molecular weight excluding hydrogens is 166 g/mol. The third kappa shape index (κ3) is 2.16. The van der Waals surface area contributed by atoms with Crippen molar-refractivity contribution in [2.75, 3.05) is 17.8 Å². The fourth-order valence-electron chi connectivity index (χ4n) is 1.13. The van der Waals surface area contributed by atoms with E-state index in [1.807, 2.05) is 11.8 Å². The highest BCUT2D eigenvalue weighted by Crippen LogP contribution is 2.22. The molecule has 1 rings (SSSR count). The summed E-state index contributed by atoms with van der Waals surface area (Å²) in [4.78, 5) is 0. The topological polar surface area (TPSA) is 40.9 Å². The Labute approximate surface area is 66.7 Å². The molecule has 0 bridgehead atoms. The second-order valence-corrected chi connectivity index (χ2v) is 6.41. The van der Waals surface area contributed by atoms with Crippen LogP contribution >= 0.6 is 11.8 Å². The molecule has 0 amide bonds. The van der Waals surface area contributed by atoms with Crippen molar-refractivity contribution in [1.82, 2.24) is 0 Å². The highest BCUT2D eigenvalue weighted by molar-refractivity contribution is 7.99. The largest absolute Gasteiger partial charge is 0.253 e. The van der Waals surface area contributed by atoms with Gasteiger partial charge in [0.2, 0.25) is 0 Å². The summed E-state index contributed by atoms with van der Waals surface area (Å²) in [5.41, 5.74) is 0. The van der Waals surface area contributed by atoms with E-state index in [1.54, 1.807) is 6.26 Å². The van der Waals surface area contributed by atoms with Crippen LogP contribution in [0.25, 0.3) is 0 Å². The summed E-state index contributed by atoms with van der Waals surface area (Å²) >= 11 is 1.91. The molecule has 1 unspecified atom stereocenters. The first-order valence-corrected chi connectivity index (χ1v) is 6.59. The first kappa shape index (κ1) is 8.40. The highest BCUT2D eigenvalue weighted by Gasteiger charge is 2.19. The zero-order valence-electron chi connectivity index (χ0n) is 6.13. The minimum absolute atomic E-state index is 0.175. The minimum atomic E-state index is -2.24. The minimum Gasteiger partial charge on any atom is -0.253 e. The quantitative estimate of drug-likeness (QED) is 0.663. The Morgan fingerprint density at radius 3 is 2.30 bits per heavy atom. The van der Waals surface area contributed by atoms with Crippen LogP contribution in [0.4, 0.5) is 0 Å². The molecule has 1 atom stereocenters. The molecule has 1 aliphatic heterocycles. The van der Waals surface area contributed by atoms with Gasteiger partial charge in [-0.15, -0.1) is 0 Å². The molecular formula is C6H13NOS2. The molecule has 4 heteroatoms. The summed E-state index contributed by atoms with van der Waals surface area (Å²) in [5.74, 6) is 2.18. The summed E-state index contributed by atoms with van der Waals surface area (Å²) in [5, 5.41) is 0.175. The van der Waals surface area contributed by atoms with Crippen LogP contribution in [0.5, 0.6) is 0 Å². The fraction of sp³-hybridized carbons (Fsp3) is 1.00. The van der Waals surface area contributed by atoms with E-state index in [9.17, 15) is 4.21 Å². The molecule has 1 heterocycles. The van der Waals surface area contributed by atoms with Crippen LogP contribution in [-0.2, 0) is 9.73 Å². The average Bonchev–Trinajstić information content (AvgIpc) is 1.88. The van der Waals surface area contributed by atoms with Gasteiger partial charge in [0.15, 0.2) is 0 Å². The summed E-state index contributed by atoms with van der Waals surface area (Å²) < 4.78 is 18.5. The zero-order chi connectivity index (χ0) is 7.61. The normalized spacial score (nSPS) is 27.7. The molecule has 0 aromatic carbocycles. The Morgan fingerprint density at radius 1 is 1.50 bits per heavy atom. The van der Waals surface area contributed by atoms with Crippen LogP contribution in [0.2, 0.25) is 0 Å². The molecule has 10 heavy (non-hydrogen) atoms. The van der Waals surface area contributed by atoms with Gasteiger partial charge in [0.1, 0.15) is 0 Å². The third-order valence-corrected chi connectivity index (χ3v) is 4.60. The Balaban J connectivity index is 2.56. The predicted molar refractivity (Wildman–Crippen MR) is 47.1 cm³/mol. The smallest absolute Gasteiger partial charge is 0.0442 e. The number of hydrogen-bond acceptors (Lipinski definition) is 3. The number of hydrogen-bond donors (Lipinski definition) is 1. The van der Waals surface area contributed by atoms with Crippen molar-refractivity contribution in [2.45, 2.75) is 18.1 Å². The Morgan fingerprint density at radius 2 is 2.00 bits per heavy atom. The lowest BCUT2D eigenvalue weighted by molar-refractivity contribution is 0.651. The lowest BCUT2D eigenvalue weighted by Crippen LogP contribution is -2.23. The van der Waals surface area contributed by atoms with E-state index >= 15 is 0 Å². The zero-order valence-corrected chi connectivity index (χ0v) is 7.76. The summed E-state index contributed by atoms with van der Waals surface area (Å²) in [6, 6.07) is 0. The average molecular weight is 179 g/mol. The van der Waals surface area contributed by atoms with Crippen molar-refractivity contribution < 1.29 is 4.21 Å². The first-order chi connectivity index (χ1) is 4.61. The van der Waals surface area contributed by atoms with Crippen LogP contribution < -0.4 is 0 Å². The SMILES string of the molecule is CS(=N)(=O)C1CCSCC1. The van der Waals surface area contributed by atoms with Gasteiger partial charge in [0, 0.05) is 21.2 Å². The summed E-state index contributed by atoms with van der Waals surface area (Å²) in [6.45, 7) is 0. The van der Waals surface area contributed by atoms with Gasteiger partial charge in [-0.05, 0) is 24.3 Å². The Bertz CT molecular complexity index is 192. The summed E-state index contributed by atoms with van der Waals surface area (Å²) in [7, 11) is -2.24. The maximum absolute atomic E-state index is 11.2. The van der Waals surface area contributed by atoms with E-state index in [-0.39, 0.29) is 5.25 Å². The van der Waals surface area contributed by atoms with Gasteiger partial charge in [-0.3, -0.25) is 4.78 Å². The molecule has 2 nitrogen and oxygen atoms in total. The Kier molecular flexibility index (Phi) is 2.63. The van der Waals surface area contributed by atoms with Crippen LogP contribution in [0, 0.1) is 4.78 Å². The molecule has 1 saturated heterocycles. The second-order valence-electron chi connectivity index (χ2n) is 2.72. The van der Waals surface area contributed by atoms with E-state index in [4.69, 9.17) is 4.78 Å². The summed E-state index contributed by atoms with van der Waals surface area (Å²) in [6.07, 6.45) is 3.51. The van der Waals surface area contributed by atoms with Gasteiger partial charge in [0.25, 0.3) is 0 Å². The molecule has 60 valence electrons. The molecule has 0 saturated carbocycles. The lowest BCUT2D eigenvalue weighted by atomic mass is 10.2. The van der Waals surface area contributed by atoms with Crippen molar-refractivity contribution in [1.29, 1.82) is 4.78 Å². The molecule has 0 radical (unpaired) electrons. The first-order valence-electron chi connectivity index (χ1n) is 3.41. The van der Waals surface area contributed by atoms with Crippen molar-refractivity contribution in [2.24, 2.45) is 0 Å². The van der Waals surface area contributed by atoms with Gasteiger partial charge in [-0.2, -0.15) is 11.8 Å². The van der Waals surface area contributed by atoms with Gasteiger partial charge in [-0.25, -0.2) is 4.21 Å². The van der Waals surface area contributed by atoms with Gasteiger partial charge in [0.05, 0.1) is 0 Å². The van der Waals surface area contributed by atoms with Crippen molar-refractivity contribution in [3.05, 3.63) is 0 Å². The molecule has 1 fully saturated rings. The van der Waals surface area contributed by atoms with Crippen LogP contribution in [0.3, 0.4) is 0 Å². The third-order valence-electron chi connectivity index (χ3n) is 1.80. The maximum Gasteiger partial charge on any atom is 0.0442 e. The molecule has 0 spiro atoms. The van der Waals surface area contributed by atoms with E-state index < -0.39 is 9.73 Å². The lowest BCUT2D eigenvalue weighted by Gasteiger charge is -2.20. The molecule has 1 aliphatic rings. The fourth-order valence-corrected chi connectivity index (χ4v) is 3.67. The van der Waals surface area contributed by atoms with E-state index in [0.29, 0.717) is 0 Å². The maximum atomic E-state index is 11.2. The van der Waals surface area contributed by atoms with E-state index in [2.05, 4.69) is 0 Å². The standard InChI is InChI=1S/C6H13NOS2/c1-10(7,8)6-2-4-9-5-3-6/h6-7H,2-5H2,1H3. The van der Waals surface area contributed by atoms with Gasteiger partial charge >= 0.3 is 0 Å². The van der Waals surface area contributed by atoms with Crippen LogP contribution in [0.1, 0.15) is 12.8 Å².